The summed E-state index contributed by atoms with van der Waals surface area (Å²) < 4.78 is 0. The van der Waals surface area contributed by atoms with Gasteiger partial charge in [-0.3, -0.25) is 4.79 Å². The van der Waals surface area contributed by atoms with Crippen LogP contribution < -0.4 is 4.90 Å². The van der Waals surface area contributed by atoms with Crippen molar-refractivity contribution in [2.45, 2.75) is 37.8 Å². The zero-order valence-corrected chi connectivity index (χ0v) is 12.0. The molecule has 2 aliphatic rings. The first-order valence-corrected chi connectivity index (χ1v) is 7.76. The number of fused-ring (bicyclic) bond motifs is 3. The highest BCUT2D eigenvalue weighted by atomic mass is 16.1. The van der Waals surface area contributed by atoms with Crippen molar-refractivity contribution in [1.29, 1.82) is 0 Å². The van der Waals surface area contributed by atoms with Gasteiger partial charge in [0.2, 0.25) is 0 Å². The summed E-state index contributed by atoms with van der Waals surface area (Å²) in [5.74, 6) is 0.614. The molecule has 2 nitrogen and oxygen atoms in total. The van der Waals surface area contributed by atoms with Crippen LogP contribution >= 0.6 is 0 Å². The molecule has 0 N–H and O–H groups in total. The number of hydrogen-bond acceptors (Lipinski definition) is 2. The van der Waals surface area contributed by atoms with E-state index in [1.807, 2.05) is 6.07 Å². The lowest BCUT2D eigenvalue weighted by Crippen LogP contribution is -2.30. The van der Waals surface area contributed by atoms with Crippen molar-refractivity contribution in [1.82, 2.24) is 0 Å². The Kier molecular flexibility index (Phi) is 3.03. The number of benzene rings is 2. The maximum atomic E-state index is 11.1. The maximum Gasteiger partial charge on any atom is 0.150 e. The van der Waals surface area contributed by atoms with Crippen LogP contribution in [0.1, 0.15) is 46.7 Å². The maximum absolute atomic E-state index is 11.1. The van der Waals surface area contributed by atoms with Crippen LogP contribution in [0.4, 0.5) is 5.69 Å². The molecule has 2 aromatic rings. The highest BCUT2D eigenvalue weighted by Crippen LogP contribution is 2.49. The molecule has 2 atom stereocenters. The van der Waals surface area contributed by atoms with Crippen LogP contribution in [-0.4, -0.2) is 12.3 Å². The Morgan fingerprint density at radius 1 is 1.10 bits per heavy atom. The zero-order chi connectivity index (χ0) is 14.2. The molecule has 2 aromatic carbocycles. The van der Waals surface area contributed by atoms with Gasteiger partial charge in [-0.2, -0.15) is 0 Å². The molecule has 0 aromatic heterocycles. The lowest BCUT2D eigenvalue weighted by molar-refractivity contribution is 0.112. The van der Waals surface area contributed by atoms with Crippen molar-refractivity contribution < 1.29 is 4.79 Å². The normalized spacial score (nSPS) is 23.0. The van der Waals surface area contributed by atoms with E-state index in [4.69, 9.17) is 0 Å². The monoisotopic (exact) mass is 277 g/mol. The summed E-state index contributed by atoms with van der Waals surface area (Å²) in [6, 6.07) is 17.5. The van der Waals surface area contributed by atoms with Crippen LogP contribution in [-0.2, 0) is 6.54 Å². The van der Waals surface area contributed by atoms with Gasteiger partial charge in [0, 0.05) is 29.8 Å². The molecule has 0 bridgehead atoms. The number of anilines is 1. The second-order valence-corrected chi connectivity index (χ2v) is 6.15. The number of rotatable bonds is 3. The van der Waals surface area contributed by atoms with Crippen molar-refractivity contribution in [3.8, 4) is 0 Å². The Bertz CT molecular complexity index is 665. The molecule has 0 amide bonds. The minimum atomic E-state index is 0.613. The molecule has 4 rings (SSSR count). The number of carbonyl (C=O) groups excluding carboxylic acids is 1. The van der Waals surface area contributed by atoms with Crippen LogP contribution in [0, 0.1) is 0 Å². The van der Waals surface area contributed by atoms with Gasteiger partial charge in [-0.25, -0.2) is 0 Å². The van der Waals surface area contributed by atoms with Gasteiger partial charge in [0.1, 0.15) is 6.29 Å². The molecule has 1 heterocycles. The van der Waals surface area contributed by atoms with E-state index in [-0.39, 0.29) is 0 Å². The van der Waals surface area contributed by atoms with E-state index in [1.54, 1.807) is 0 Å². The summed E-state index contributed by atoms with van der Waals surface area (Å²) in [5, 5.41) is 0. The van der Waals surface area contributed by atoms with Gasteiger partial charge in [-0.1, -0.05) is 36.8 Å². The Balaban J connectivity index is 1.73. The zero-order valence-electron chi connectivity index (χ0n) is 12.0. The van der Waals surface area contributed by atoms with Crippen LogP contribution in [0.3, 0.4) is 0 Å². The third kappa shape index (κ3) is 2.06. The van der Waals surface area contributed by atoms with Gasteiger partial charge >= 0.3 is 0 Å². The third-order valence-corrected chi connectivity index (χ3v) is 4.97. The molecule has 1 aliphatic heterocycles. The van der Waals surface area contributed by atoms with Gasteiger partial charge in [0.25, 0.3) is 0 Å². The molecule has 2 unspecified atom stereocenters. The molecule has 21 heavy (non-hydrogen) atoms. The molecule has 0 radical (unpaired) electrons. The van der Waals surface area contributed by atoms with Crippen molar-refractivity contribution in [3.63, 3.8) is 0 Å². The lowest BCUT2D eigenvalue weighted by atomic mass is 9.96. The van der Waals surface area contributed by atoms with Gasteiger partial charge in [-0.15, -0.1) is 0 Å². The molecule has 1 aliphatic carbocycles. The quantitative estimate of drug-likeness (QED) is 0.785. The summed E-state index contributed by atoms with van der Waals surface area (Å²) in [6.45, 7) is 0.968. The van der Waals surface area contributed by atoms with E-state index >= 15 is 0 Å². The van der Waals surface area contributed by atoms with Gasteiger partial charge < -0.3 is 4.90 Å². The fourth-order valence-electron chi connectivity index (χ4n) is 4.04. The molecule has 0 spiro atoms. The van der Waals surface area contributed by atoms with Crippen LogP contribution in [0.15, 0.2) is 48.5 Å². The molecular weight excluding hydrogens is 258 g/mol. The second kappa shape index (κ2) is 5.03. The van der Waals surface area contributed by atoms with Gasteiger partial charge in [0.05, 0.1) is 0 Å². The summed E-state index contributed by atoms with van der Waals surface area (Å²) in [4.78, 5) is 13.6. The first-order valence-electron chi connectivity index (χ1n) is 7.76. The third-order valence-electron chi connectivity index (χ3n) is 4.97. The van der Waals surface area contributed by atoms with E-state index in [0.717, 1.165) is 18.4 Å². The average molecular weight is 277 g/mol. The highest BCUT2D eigenvalue weighted by molar-refractivity contribution is 5.78. The number of aldehydes is 1. The lowest BCUT2D eigenvalue weighted by Gasteiger charge is -2.27. The second-order valence-electron chi connectivity index (χ2n) is 6.15. The van der Waals surface area contributed by atoms with Crippen LogP contribution in [0.5, 0.6) is 0 Å². The minimum Gasteiger partial charge on any atom is -0.363 e. The highest BCUT2D eigenvalue weighted by Gasteiger charge is 2.41. The fraction of sp³-hybridized carbons (Fsp3) is 0.316. The van der Waals surface area contributed by atoms with E-state index in [0.29, 0.717) is 12.0 Å². The summed E-state index contributed by atoms with van der Waals surface area (Å²) >= 11 is 0. The first kappa shape index (κ1) is 12.6. The van der Waals surface area contributed by atoms with E-state index in [2.05, 4.69) is 47.4 Å². The fourth-order valence-corrected chi connectivity index (χ4v) is 4.04. The van der Waals surface area contributed by atoms with E-state index in [1.165, 1.54) is 36.1 Å². The molecule has 1 saturated carbocycles. The predicted octanol–water partition coefficient (Wildman–Crippen LogP) is 4.16. The van der Waals surface area contributed by atoms with E-state index < -0.39 is 0 Å². The predicted molar refractivity (Wildman–Crippen MR) is 84.8 cm³/mol. The van der Waals surface area contributed by atoms with Crippen LogP contribution in [0.25, 0.3) is 0 Å². The van der Waals surface area contributed by atoms with Gasteiger partial charge in [0.15, 0.2) is 0 Å². The Labute approximate surface area is 125 Å². The Hall–Kier alpha value is -2.09. The van der Waals surface area contributed by atoms with Crippen molar-refractivity contribution in [2.24, 2.45) is 0 Å². The topological polar surface area (TPSA) is 20.3 Å². The largest absolute Gasteiger partial charge is 0.363 e. The number of hydrogen-bond donors (Lipinski definition) is 0. The average Bonchev–Trinajstić information content (AvgIpc) is 3.11. The minimum absolute atomic E-state index is 0.613. The molecule has 106 valence electrons. The van der Waals surface area contributed by atoms with Crippen molar-refractivity contribution in [3.05, 3.63) is 65.2 Å². The summed E-state index contributed by atoms with van der Waals surface area (Å²) in [5.41, 5.74) is 4.88. The summed E-state index contributed by atoms with van der Waals surface area (Å²) in [6.07, 6.45) is 4.78. The number of nitrogens with zero attached hydrogens (tertiary/aromatic N) is 1. The van der Waals surface area contributed by atoms with Crippen molar-refractivity contribution >= 4 is 12.0 Å². The first-order chi connectivity index (χ1) is 10.4. The molecule has 0 saturated heterocycles. The van der Waals surface area contributed by atoms with Crippen molar-refractivity contribution in [2.75, 3.05) is 4.90 Å². The van der Waals surface area contributed by atoms with Gasteiger partial charge in [-0.05, 0) is 42.2 Å². The van der Waals surface area contributed by atoms with E-state index in [9.17, 15) is 4.79 Å². The number of carbonyl (C=O) groups is 1. The summed E-state index contributed by atoms with van der Waals surface area (Å²) in [7, 11) is 0. The molecular formula is C19H19NO. The molecule has 2 heteroatoms. The Morgan fingerprint density at radius 3 is 2.76 bits per heavy atom. The smallest absolute Gasteiger partial charge is 0.150 e. The van der Waals surface area contributed by atoms with Crippen LogP contribution in [0.2, 0.25) is 0 Å². The SMILES string of the molecule is O=Cc1ccc2c(c1)C1CCCC1N2Cc1ccccc1. The molecule has 1 fully saturated rings. The standard InChI is InChI=1S/C19H19NO/c21-13-15-9-10-19-17(11-15)16-7-4-8-18(16)20(19)12-14-5-2-1-3-6-14/h1-3,5-6,9-11,13,16,18H,4,7-8,12H2. The Morgan fingerprint density at radius 2 is 1.95 bits per heavy atom.